The summed E-state index contributed by atoms with van der Waals surface area (Å²) in [6, 6.07) is 6.49. The van der Waals surface area contributed by atoms with Crippen LogP contribution in [0.3, 0.4) is 0 Å². The second-order valence-electron chi connectivity index (χ2n) is 6.44. The number of methoxy groups -OCH3 is 1. The van der Waals surface area contributed by atoms with Crippen LogP contribution in [0.25, 0.3) is 0 Å². The van der Waals surface area contributed by atoms with Crippen molar-refractivity contribution in [1.82, 2.24) is 10.2 Å². The summed E-state index contributed by atoms with van der Waals surface area (Å²) in [5.41, 5.74) is 3.03. The minimum Gasteiger partial charge on any atom is -0.496 e. The number of ether oxygens (including phenoxy) is 1. The summed E-state index contributed by atoms with van der Waals surface area (Å²) in [5, 5.41) is 3.78. The maximum atomic E-state index is 5.52. The van der Waals surface area contributed by atoms with Gasteiger partial charge in [0, 0.05) is 37.3 Å². The summed E-state index contributed by atoms with van der Waals surface area (Å²) in [7, 11) is 1.77. The first-order chi connectivity index (χ1) is 9.71. The summed E-state index contributed by atoms with van der Waals surface area (Å²) in [6.45, 7) is 6.60. The monoisotopic (exact) mass is 274 g/mol. The topological polar surface area (TPSA) is 24.5 Å². The minimum absolute atomic E-state index is 0.398. The van der Waals surface area contributed by atoms with Gasteiger partial charge in [-0.15, -0.1) is 0 Å². The summed E-state index contributed by atoms with van der Waals surface area (Å²) < 4.78 is 5.52. The van der Waals surface area contributed by atoms with Gasteiger partial charge in [0.2, 0.25) is 0 Å². The van der Waals surface area contributed by atoms with Crippen molar-refractivity contribution in [3.8, 4) is 5.75 Å². The van der Waals surface area contributed by atoms with Crippen molar-refractivity contribution in [1.29, 1.82) is 0 Å². The fraction of sp³-hybridized carbons (Fsp3) is 0.647. The lowest BCUT2D eigenvalue weighted by Crippen LogP contribution is -2.58. The van der Waals surface area contributed by atoms with E-state index in [-0.39, 0.29) is 0 Å². The van der Waals surface area contributed by atoms with Crippen LogP contribution in [0.5, 0.6) is 5.75 Å². The molecule has 1 saturated heterocycles. The molecule has 3 nitrogen and oxygen atoms in total. The SMILES string of the molecule is COc1ccc(C)cc1CN1CCNC2(CCCC2)C1. The number of nitrogens with one attached hydrogen (secondary N) is 1. The first-order valence-corrected chi connectivity index (χ1v) is 7.82. The van der Waals surface area contributed by atoms with Crippen molar-refractivity contribution in [2.45, 2.75) is 44.7 Å². The van der Waals surface area contributed by atoms with Crippen LogP contribution in [0.1, 0.15) is 36.8 Å². The van der Waals surface area contributed by atoms with Crippen LogP contribution >= 0.6 is 0 Å². The fourth-order valence-corrected chi connectivity index (χ4v) is 3.84. The molecule has 1 heterocycles. The van der Waals surface area contributed by atoms with E-state index in [0.717, 1.165) is 25.4 Å². The van der Waals surface area contributed by atoms with Crippen molar-refractivity contribution >= 4 is 0 Å². The van der Waals surface area contributed by atoms with Gasteiger partial charge >= 0.3 is 0 Å². The van der Waals surface area contributed by atoms with Gasteiger partial charge in [-0.1, -0.05) is 30.5 Å². The zero-order valence-electron chi connectivity index (χ0n) is 12.7. The predicted molar refractivity (Wildman–Crippen MR) is 82.2 cm³/mol. The lowest BCUT2D eigenvalue weighted by molar-refractivity contribution is 0.128. The molecule has 0 aromatic heterocycles. The highest BCUT2D eigenvalue weighted by Crippen LogP contribution is 2.33. The summed E-state index contributed by atoms with van der Waals surface area (Å²) >= 11 is 0. The molecular formula is C17H26N2O. The average Bonchev–Trinajstić information content (AvgIpc) is 2.87. The van der Waals surface area contributed by atoms with Gasteiger partial charge in [-0.2, -0.15) is 0 Å². The van der Waals surface area contributed by atoms with E-state index >= 15 is 0 Å². The Balaban J connectivity index is 1.72. The standard InChI is InChI=1S/C17H26N2O/c1-14-5-6-16(20-2)15(11-14)12-19-10-9-18-17(13-19)7-3-4-8-17/h5-6,11,18H,3-4,7-10,12-13H2,1-2H3. The van der Waals surface area contributed by atoms with Crippen LogP contribution in [0.15, 0.2) is 18.2 Å². The van der Waals surface area contributed by atoms with Crippen LogP contribution < -0.4 is 10.1 Å². The Kier molecular flexibility index (Phi) is 3.99. The lowest BCUT2D eigenvalue weighted by Gasteiger charge is -2.41. The molecule has 2 fully saturated rings. The van der Waals surface area contributed by atoms with Gasteiger partial charge in [-0.25, -0.2) is 0 Å². The van der Waals surface area contributed by atoms with Crippen LogP contribution in [-0.4, -0.2) is 37.2 Å². The highest BCUT2D eigenvalue weighted by molar-refractivity contribution is 5.36. The minimum atomic E-state index is 0.398. The van der Waals surface area contributed by atoms with Crippen LogP contribution in [0, 0.1) is 6.92 Å². The Labute approximate surface area is 122 Å². The highest BCUT2D eigenvalue weighted by atomic mass is 16.5. The highest BCUT2D eigenvalue weighted by Gasteiger charge is 2.37. The second kappa shape index (κ2) is 5.74. The number of benzene rings is 1. The third kappa shape index (κ3) is 2.84. The average molecular weight is 274 g/mol. The van der Waals surface area contributed by atoms with Gasteiger partial charge < -0.3 is 10.1 Å². The molecule has 0 unspecified atom stereocenters. The molecule has 1 aromatic carbocycles. The van der Waals surface area contributed by atoms with Crippen molar-refractivity contribution in [3.05, 3.63) is 29.3 Å². The summed E-state index contributed by atoms with van der Waals surface area (Å²) in [5.74, 6) is 1.02. The van der Waals surface area contributed by atoms with Crippen molar-refractivity contribution in [2.24, 2.45) is 0 Å². The summed E-state index contributed by atoms with van der Waals surface area (Å²) in [4.78, 5) is 2.60. The third-order valence-electron chi connectivity index (χ3n) is 4.84. The zero-order chi connectivity index (χ0) is 14.0. The van der Waals surface area contributed by atoms with E-state index in [9.17, 15) is 0 Å². The molecule has 1 spiro atoms. The molecular weight excluding hydrogens is 248 g/mol. The maximum absolute atomic E-state index is 5.52. The van der Waals surface area contributed by atoms with Gasteiger partial charge in [-0.3, -0.25) is 4.90 Å². The Bertz CT molecular complexity index is 466. The predicted octanol–water partition coefficient (Wildman–Crippen LogP) is 2.72. The van der Waals surface area contributed by atoms with Gasteiger partial charge in [0.25, 0.3) is 0 Å². The summed E-state index contributed by atoms with van der Waals surface area (Å²) in [6.07, 6.45) is 5.45. The van der Waals surface area contributed by atoms with Crippen LogP contribution in [0.4, 0.5) is 0 Å². The van der Waals surface area contributed by atoms with E-state index in [1.807, 2.05) is 0 Å². The number of nitrogens with zero attached hydrogens (tertiary/aromatic N) is 1. The number of aryl methyl sites for hydroxylation is 1. The molecule has 1 N–H and O–H groups in total. The molecule has 3 heteroatoms. The number of hydrogen-bond donors (Lipinski definition) is 1. The smallest absolute Gasteiger partial charge is 0.123 e. The van der Waals surface area contributed by atoms with Gasteiger partial charge in [-0.05, 0) is 25.8 Å². The Morgan fingerprint density at radius 1 is 1.30 bits per heavy atom. The number of piperazine rings is 1. The van der Waals surface area contributed by atoms with E-state index in [1.54, 1.807) is 7.11 Å². The Morgan fingerprint density at radius 2 is 2.10 bits per heavy atom. The molecule has 0 radical (unpaired) electrons. The quantitative estimate of drug-likeness (QED) is 0.917. The normalized spacial score (nSPS) is 22.3. The molecule has 2 aliphatic rings. The molecule has 1 aromatic rings. The lowest BCUT2D eigenvalue weighted by atomic mass is 9.94. The Hall–Kier alpha value is -1.06. The first kappa shape index (κ1) is 13.9. The maximum Gasteiger partial charge on any atom is 0.123 e. The third-order valence-corrected chi connectivity index (χ3v) is 4.84. The molecule has 0 bridgehead atoms. The molecule has 1 saturated carbocycles. The van der Waals surface area contributed by atoms with E-state index in [2.05, 4.69) is 35.3 Å². The molecule has 0 atom stereocenters. The molecule has 1 aliphatic carbocycles. The largest absolute Gasteiger partial charge is 0.496 e. The molecule has 1 aliphatic heterocycles. The second-order valence-corrected chi connectivity index (χ2v) is 6.44. The van der Waals surface area contributed by atoms with Crippen LogP contribution in [-0.2, 0) is 6.54 Å². The zero-order valence-corrected chi connectivity index (χ0v) is 12.7. The fourth-order valence-electron chi connectivity index (χ4n) is 3.84. The number of hydrogen-bond acceptors (Lipinski definition) is 3. The van der Waals surface area contributed by atoms with Gasteiger partial charge in [0.05, 0.1) is 7.11 Å². The van der Waals surface area contributed by atoms with Crippen molar-refractivity contribution in [2.75, 3.05) is 26.7 Å². The molecule has 0 amide bonds. The van der Waals surface area contributed by atoms with Crippen LogP contribution in [0.2, 0.25) is 0 Å². The van der Waals surface area contributed by atoms with Crippen molar-refractivity contribution < 1.29 is 4.74 Å². The van der Waals surface area contributed by atoms with E-state index < -0.39 is 0 Å². The Morgan fingerprint density at radius 3 is 2.85 bits per heavy atom. The molecule has 110 valence electrons. The molecule has 3 rings (SSSR count). The molecule has 20 heavy (non-hydrogen) atoms. The van der Waals surface area contributed by atoms with Crippen molar-refractivity contribution in [3.63, 3.8) is 0 Å². The van der Waals surface area contributed by atoms with E-state index in [4.69, 9.17) is 4.74 Å². The van der Waals surface area contributed by atoms with Gasteiger partial charge in [0.15, 0.2) is 0 Å². The van der Waals surface area contributed by atoms with Gasteiger partial charge in [0.1, 0.15) is 5.75 Å². The number of rotatable bonds is 3. The van der Waals surface area contributed by atoms with E-state index in [1.165, 1.54) is 43.4 Å². The van der Waals surface area contributed by atoms with E-state index in [0.29, 0.717) is 5.54 Å². The first-order valence-electron chi connectivity index (χ1n) is 7.82.